The standard InChI is InChI=1S/C22H23F2N3O4S/c1-12(2)14-6-5-7-15(8-14)22-26-19(11-31-22)21(28)25-13(3)16-9-17(23)20(18(24)10-16)27-32(4,29)30/h5-13,27H,1-4H3,(H,25,28). The van der Waals surface area contributed by atoms with Crippen molar-refractivity contribution in [3.8, 4) is 11.5 Å². The van der Waals surface area contributed by atoms with Crippen LogP contribution in [0.3, 0.4) is 0 Å². The molecule has 2 aromatic carbocycles. The zero-order chi connectivity index (χ0) is 23.6. The summed E-state index contributed by atoms with van der Waals surface area (Å²) in [6.07, 6.45) is 1.99. The highest BCUT2D eigenvalue weighted by Crippen LogP contribution is 2.26. The number of anilines is 1. The predicted octanol–water partition coefficient (Wildman–Crippen LogP) is 4.61. The average Bonchev–Trinajstić information content (AvgIpc) is 3.20. The van der Waals surface area contributed by atoms with Crippen LogP contribution in [0.25, 0.3) is 11.5 Å². The van der Waals surface area contributed by atoms with E-state index >= 15 is 0 Å². The maximum Gasteiger partial charge on any atom is 0.273 e. The van der Waals surface area contributed by atoms with E-state index in [-0.39, 0.29) is 17.1 Å². The van der Waals surface area contributed by atoms with E-state index < -0.39 is 39.3 Å². The molecule has 0 aliphatic heterocycles. The number of aromatic nitrogens is 1. The summed E-state index contributed by atoms with van der Waals surface area (Å²) in [5, 5.41) is 2.60. The number of sulfonamides is 1. The maximum atomic E-state index is 14.2. The molecule has 3 aromatic rings. The second kappa shape index (κ2) is 9.07. The highest BCUT2D eigenvalue weighted by molar-refractivity contribution is 7.92. The van der Waals surface area contributed by atoms with Crippen molar-refractivity contribution in [1.29, 1.82) is 0 Å². The van der Waals surface area contributed by atoms with Crippen molar-refractivity contribution in [2.45, 2.75) is 32.7 Å². The summed E-state index contributed by atoms with van der Waals surface area (Å²) < 4.78 is 58.2. The van der Waals surface area contributed by atoms with Crippen LogP contribution in [0.4, 0.5) is 14.5 Å². The lowest BCUT2D eigenvalue weighted by Crippen LogP contribution is -2.27. The second-order valence-electron chi connectivity index (χ2n) is 7.75. The summed E-state index contributed by atoms with van der Waals surface area (Å²) in [4.78, 5) is 16.8. The molecule has 0 aliphatic carbocycles. The second-order valence-corrected chi connectivity index (χ2v) is 9.50. The molecule has 1 aromatic heterocycles. The fourth-order valence-electron chi connectivity index (χ4n) is 3.02. The molecule has 0 fully saturated rings. The van der Waals surface area contributed by atoms with Crippen LogP contribution in [0.2, 0.25) is 0 Å². The molecule has 7 nitrogen and oxygen atoms in total. The zero-order valence-electron chi connectivity index (χ0n) is 17.9. The molecule has 0 saturated carbocycles. The number of rotatable bonds is 7. The van der Waals surface area contributed by atoms with E-state index in [1.54, 1.807) is 4.72 Å². The highest BCUT2D eigenvalue weighted by atomic mass is 32.2. The first-order chi connectivity index (χ1) is 14.9. The monoisotopic (exact) mass is 463 g/mol. The van der Waals surface area contributed by atoms with Crippen LogP contribution in [-0.2, 0) is 10.0 Å². The average molecular weight is 464 g/mol. The van der Waals surface area contributed by atoms with Gasteiger partial charge < -0.3 is 9.73 Å². The van der Waals surface area contributed by atoms with Gasteiger partial charge in [-0.1, -0.05) is 26.0 Å². The minimum Gasteiger partial charge on any atom is -0.444 e. The van der Waals surface area contributed by atoms with Gasteiger partial charge in [0.1, 0.15) is 12.0 Å². The highest BCUT2D eigenvalue weighted by Gasteiger charge is 2.20. The Morgan fingerprint density at radius 1 is 1.06 bits per heavy atom. The van der Waals surface area contributed by atoms with Crippen LogP contribution in [0.1, 0.15) is 54.3 Å². The van der Waals surface area contributed by atoms with Crippen molar-refractivity contribution in [3.63, 3.8) is 0 Å². The molecule has 1 unspecified atom stereocenters. The Bertz CT molecular complexity index is 1230. The number of nitrogens with zero attached hydrogens (tertiary/aromatic N) is 1. The van der Waals surface area contributed by atoms with E-state index in [0.29, 0.717) is 5.92 Å². The summed E-state index contributed by atoms with van der Waals surface area (Å²) in [5.74, 6) is -2.20. The minimum absolute atomic E-state index is 0.0121. The smallest absolute Gasteiger partial charge is 0.273 e. The largest absolute Gasteiger partial charge is 0.444 e. The Hall–Kier alpha value is -3.27. The van der Waals surface area contributed by atoms with Crippen LogP contribution in [-0.4, -0.2) is 25.6 Å². The summed E-state index contributed by atoms with van der Waals surface area (Å²) in [6.45, 7) is 5.65. The van der Waals surface area contributed by atoms with Gasteiger partial charge in [0.15, 0.2) is 17.3 Å². The molecular weight excluding hydrogens is 440 g/mol. The molecule has 10 heteroatoms. The molecule has 1 heterocycles. The fraction of sp³-hybridized carbons (Fsp3) is 0.273. The Morgan fingerprint density at radius 3 is 2.31 bits per heavy atom. The Morgan fingerprint density at radius 2 is 1.72 bits per heavy atom. The molecule has 3 rings (SSSR count). The number of oxazole rings is 1. The number of hydrogen-bond donors (Lipinski definition) is 2. The van der Waals surface area contributed by atoms with E-state index in [0.717, 1.165) is 29.5 Å². The Labute approximate surface area is 184 Å². The molecule has 2 N–H and O–H groups in total. The lowest BCUT2D eigenvalue weighted by molar-refractivity contribution is 0.0934. The number of hydrogen-bond acceptors (Lipinski definition) is 5. The molecule has 170 valence electrons. The first-order valence-corrected chi connectivity index (χ1v) is 11.7. The third-order valence-corrected chi connectivity index (χ3v) is 5.31. The van der Waals surface area contributed by atoms with Gasteiger partial charge in [-0.15, -0.1) is 0 Å². The molecular formula is C22H23F2N3O4S. The van der Waals surface area contributed by atoms with Crippen molar-refractivity contribution < 1.29 is 26.4 Å². The Balaban J connectivity index is 1.76. The molecule has 0 radical (unpaired) electrons. The quantitative estimate of drug-likeness (QED) is 0.533. The van der Waals surface area contributed by atoms with Gasteiger partial charge in [-0.3, -0.25) is 9.52 Å². The van der Waals surface area contributed by atoms with Crippen molar-refractivity contribution in [1.82, 2.24) is 10.3 Å². The van der Waals surface area contributed by atoms with E-state index in [1.807, 2.05) is 24.3 Å². The summed E-state index contributed by atoms with van der Waals surface area (Å²) in [6, 6.07) is 8.73. The molecule has 32 heavy (non-hydrogen) atoms. The van der Waals surface area contributed by atoms with Gasteiger partial charge in [0.2, 0.25) is 15.9 Å². The molecule has 0 saturated heterocycles. The van der Waals surface area contributed by atoms with Gasteiger partial charge >= 0.3 is 0 Å². The van der Waals surface area contributed by atoms with E-state index in [2.05, 4.69) is 24.1 Å². The number of carbonyl (C=O) groups is 1. The van der Waals surface area contributed by atoms with E-state index in [1.165, 1.54) is 13.2 Å². The SMILES string of the molecule is CC(C)c1cccc(-c2nc(C(=O)NC(C)c3cc(F)c(NS(C)(=O)=O)c(F)c3)co2)c1. The summed E-state index contributed by atoms with van der Waals surface area (Å²) in [7, 11) is -3.86. The van der Waals surface area contributed by atoms with Crippen LogP contribution in [0.15, 0.2) is 47.1 Å². The van der Waals surface area contributed by atoms with Crippen molar-refractivity contribution in [2.24, 2.45) is 0 Å². The fourth-order valence-corrected chi connectivity index (χ4v) is 3.59. The van der Waals surface area contributed by atoms with Gasteiger partial charge in [-0.25, -0.2) is 22.2 Å². The third-order valence-electron chi connectivity index (χ3n) is 4.74. The van der Waals surface area contributed by atoms with Crippen LogP contribution in [0.5, 0.6) is 0 Å². The lowest BCUT2D eigenvalue weighted by Gasteiger charge is -2.15. The normalized spacial score (nSPS) is 12.6. The summed E-state index contributed by atoms with van der Waals surface area (Å²) in [5.41, 5.74) is 1.16. The van der Waals surface area contributed by atoms with Gasteiger partial charge in [0, 0.05) is 5.56 Å². The van der Waals surface area contributed by atoms with Crippen molar-refractivity contribution >= 4 is 21.6 Å². The molecule has 0 aliphatic rings. The van der Waals surface area contributed by atoms with Crippen LogP contribution >= 0.6 is 0 Å². The lowest BCUT2D eigenvalue weighted by atomic mass is 10.0. The van der Waals surface area contributed by atoms with Crippen LogP contribution in [0, 0.1) is 11.6 Å². The van der Waals surface area contributed by atoms with Gasteiger partial charge in [0.25, 0.3) is 5.91 Å². The Kier molecular flexibility index (Phi) is 6.63. The third kappa shape index (κ3) is 5.50. The molecule has 1 atom stereocenters. The number of amides is 1. The van der Waals surface area contributed by atoms with Crippen LogP contribution < -0.4 is 10.0 Å². The van der Waals surface area contributed by atoms with Crippen molar-refractivity contribution in [2.75, 3.05) is 11.0 Å². The van der Waals surface area contributed by atoms with E-state index in [9.17, 15) is 22.0 Å². The zero-order valence-corrected chi connectivity index (χ0v) is 18.8. The predicted molar refractivity (Wildman–Crippen MR) is 117 cm³/mol. The maximum absolute atomic E-state index is 14.2. The number of carbonyl (C=O) groups excluding carboxylic acids is 1. The van der Waals surface area contributed by atoms with E-state index in [4.69, 9.17) is 4.42 Å². The van der Waals surface area contributed by atoms with Crippen molar-refractivity contribution in [3.05, 3.63) is 71.1 Å². The molecule has 0 bridgehead atoms. The summed E-state index contributed by atoms with van der Waals surface area (Å²) >= 11 is 0. The van der Waals surface area contributed by atoms with Gasteiger partial charge in [0.05, 0.1) is 12.3 Å². The molecule has 0 spiro atoms. The number of benzene rings is 2. The first-order valence-electron chi connectivity index (χ1n) is 9.78. The van der Waals surface area contributed by atoms with Gasteiger partial charge in [-0.05, 0) is 48.2 Å². The number of nitrogens with one attached hydrogen (secondary N) is 2. The van der Waals surface area contributed by atoms with Gasteiger partial charge in [-0.2, -0.15) is 0 Å². The number of halogens is 2. The minimum atomic E-state index is -3.86. The molecule has 1 amide bonds. The topological polar surface area (TPSA) is 101 Å². The first kappa shape index (κ1) is 23.4.